The standard InChI is InChI=1S/C22H24N2O5/c1-14-18(15(2)29-24-14)13-28-19-10-9-16(11-20(19)27-3)12-23-21(22(25)26)17-7-5-4-6-8-17/h4-11,21,23H,12-13H2,1-3H3,(H,25,26)/t21-/m0/s1. The number of methoxy groups -OCH3 is 1. The Labute approximate surface area is 169 Å². The lowest BCUT2D eigenvalue weighted by molar-refractivity contribution is -0.139. The third-order valence-corrected chi connectivity index (χ3v) is 4.67. The zero-order valence-electron chi connectivity index (χ0n) is 16.6. The predicted octanol–water partition coefficient (Wildman–Crippen LogP) is 3.79. The molecule has 2 N–H and O–H groups in total. The Morgan fingerprint density at radius 3 is 2.55 bits per heavy atom. The first-order valence-corrected chi connectivity index (χ1v) is 9.22. The van der Waals surface area contributed by atoms with Crippen LogP contribution in [0.25, 0.3) is 0 Å². The Kier molecular flexibility index (Phi) is 6.51. The molecule has 1 atom stereocenters. The molecule has 1 heterocycles. The van der Waals surface area contributed by atoms with Crippen LogP contribution in [0.2, 0.25) is 0 Å². The molecule has 0 aliphatic rings. The van der Waals surface area contributed by atoms with E-state index in [4.69, 9.17) is 14.0 Å². The third-order valence-electron chi connectivity index (χ3n) is 4.67. The van der Waals surface area contributed by atoms with Crippen molar-refractivity contribution in [2.45, 2.75) is 33.0 Å². The molecule has 0 bridgehead atoms. The van der Waals surface area contributed by atoms with E-state index in [0.29, 0.717) is 30.2 Å². The van der Waals surface area contributed by atoms with E-state index in [2.05, 4.69) is 10.5 Å². The predicted molar refractivity (Wildman–Crippen MR) is 107 cm³/mol. The number of hydrogen-bond donors (Lipinski definition) is 2. The molecule has 2 aromatic carbocycles. The van der Waals surface area contributed by atoms with Gasteiger partial charge in [0.2, 0.25) is 0 Å². The quantitative estimate of drug-likeness (QED) is 0.568. The molecule has 7 heteroatoms. The summed E-state index contributed by atoms with van der Waals surface area (Å²) >= 11 is 0. The van der Waals surface area contributed by atoms with Crippen LogP contribution < -0.4 is 14.8 Å². The van der Waals surface area contributed by atoms with E-state index >= 15 is 0 Å². The minimum absolute atomic E-state index is 0.324. The number of nitrogens with zero attached hydrogens (tertiary/aromatic N) is 1. The molecular weight excluding hydrogens is 372 g/mol. The zero-order chi connectivity index (χ0) is 20.8. The summed E-state index contributed by atoms with van der Waals surface area (Å²) in [6, 6.07) is 13.8. The Morgan fingerprint density at radius 2 is 1.93 bits per heavy atom. The summed E-state index contributed by atoms with van der Waals surface area (Å²) in [6.45, 7) is 4.40. The van der Waals surface area contributed by atoms with Gasteiger partial charge in [-0.15, -0.1) is 0 Å². The Bertz CT molecular complexity index is 949. The highest BCUT2D eigenvalue weighted by molar-refractivity contribution is 5.75. The van der Waals surface area contributed by atoms with Crippen molar-refractivity contribution < 1.29 is 23.9 Å². The molecule has 29 heavy (non-hydrogen) atoms. The van der Waals surface area contributed by atoms with Gasteiger partial charge in [-0.1, -0.05) is 41.6 Å². The van der Waals surface area contributed by atoms with Crippen molar-refractivity contribution in [2.75, 3.05) is 7.11 Å². The molecule has 1 aromatic heterocycles. The summed E-state index contributed by atoms with van der Waals surface area (Å²) in [7, 11) is 1.57. The molecule has 0 unspecified atom stereocenters. The van der Waals surface area contributed by atoms with Crippen molar-refractivity contribution in [3.8, 4) is 11.5 Å². The van der Waals surface area contributed by atoms with Gasteiger partial charge in [0.1, 0.15) is 18.4 Å². The summed E-state index contributed by atoms with van der Waals surface area (Å²) in [5.41, 5.74) is 3.29. The third kappa shape index (κ3) is 4.94. The maximum atomic E-state index is 11.6. The lowest BCUT2D eigenvalue weighted by atomic mass is 10.1. The SMILES string of the molecule is COc1cc(CN[C@H](C(=O)O)c2ccccc2)ccc1OCc1c(C)noc1C. The lowest BCUT2D eigenvalue weighted by Gasteiger charge is -2.16. The van der Waals surface area contributed by atoms with Crippen LogP contribution in [-0.4, -0.2) is 23.3 Å². The number of nitrogens with one attached hydrogen (secondary N) is 1. The van der Waals surface area contributed by atoms with Gasteiger partial charge in [-0.2, -0.15) is 0 Å². The van der Waals surface area contributed by atoms with Crippen LogP contribution in [0, 0.1) is 13.8 Å². The minimum atomic E-state index is -0.928. The number of carboxylic acids is 1. The summed E-state index contributed by atoms with van der Waals surface area (Å²) in [5.74, 6) is 0.960. The van der Waals surface area contributed by atoms with Crippen LogP contribution in [0.4, 0.5) is 0 Å². The summed E-state index contributed by atoms with van der Waals surface area (Å²) in [5, 5.41) is 16.5. The molecule has 7 nitrogen and oxygen atoms in total. The van der Waals surface area contributed by atoms with E-state index in [9.17, 15) is 9.90 Å². The average molecular weight is 396 g/mol. The normalized spacial score (nSPS) is 11.8. The second-order valence-corrected chi connectivity index (χ2v) is 6.64. The van der Waals surface area contributed by atoms with Crippen molar-refractivity contribution >= 4 is 5.97 Å². The number of benzene rings is 2. The van der Waals surface area contributed by atoms with E-state index in [1.165, 1.54) is 0 Å². The first-order chi connectivity index (χ1) is 14.0. The Hall–Kier alpha value is -3.32. The minimum Gasteiger partial charge on any atom is -0.493 e. The largest absolute Gasteiger partial charge is 0.493 e. The van der Waals surface area contributed by atoms with Gasteiger partial charge < -0.3 is 19.1 Å². The van der Waals surface area contributed by atoms with Crippen molar-refractivity contribution in [2.24, 2.45) is 0 Å². The highest BCUT2D eigenvalue weighted by Crippen LogP contribution is 2.30. The lowest BCUT2D eigenvalue weighted by Crippen LogP contribution is -2.28. The summed E-state index contributed by atoms with van der Waals surface area (Å²) in [4.78, 5) is 11.6. The molecule has 0 aliphatic carbocycles. The van der Waals surface area contributed by atoms with E-state index in [-0.39, 0.29) is 0 Å². The molecule has 3 rings (SSSR count). The summed E-state index contributed by atoms with van der Waals surface area (Å²) < 4.78 is 16.5. The fourth-order valence-electron chi connectivity index (χ4n) is 3.01. The molecule has 0 radical (unpaired) electrons. The number of aliphatic carboxylic acids is 1. The fraction of sp³-hybridized carbons (Fsp3) is 0.273. The maximum absolute atomic E-state index is 11.6. The second kappa shape index (κ2) is 9.25. The number of carbonyl (C=O) groups is 1. The van der Waals surface area contributed by atoms with Gasteiger partial charge in [-0.05, 0) is 37.1 Å². The first-order valence-electron chi connectivity index (χ1n) is 9.22. The Balaban J connectivity index is 1.69. The molecular formula is C22H24N2O5. The summed E-state index contributed by atoms with van der Waals surface area (Å²) in [6.07, 6.45) is 0. The van der Waals surface area contributed by atoms with Gasteiger partial charge in [0, 0.05) is 6.54 Å². The molecule has 0 fully saturated rings. The number of ether oxygens (including phenoxy) is 2. The highest BCUT2D eigenvalue weighted by atomic mass is 16.5. The van der Waals surface area contributed by atoms with Crippen molar-refractivity contribution in [3.63, 3.8) is 0 Å². The van der Waals surface area contributed by atoms with E-state index in [0.717, 1.165) is 22.6 Å². The van der Waals surface area contributed by atoms with Crippen LogP contribution in [0.5, 0.6) is 11.5 Å². The molecule has 0 spiro atoms. The van der Waals surface area contributed by atoms with E-state index < -0.39 is 12.0 Å². The topological polar surface area (TPSA) is 93.8 Å². The molecule has 152 valence electrons. The molecule has 0 saturated carbocycles. The van der Waals surface area contributed by atoms with E-state index in [1.807, 2.05) is 50.2 Å². The Morgan fingerprint density at radius 1 is 1.17 bits per heavy atom. The van der Waals surface area contributed by atoms with Crippen molar-refractivity contribution in [1.82, 2.24) is 10.5 Å². The van der Waals surface area contributed by atoms with Crippen LogP contribution in [0.1, 0.15) is 34.2 Å². The van der Waals surface area contributed by atoms with Gasteiger partial charge >= 0.3 is 5.97 Å². The van der Waals surface area contributed by atoms with E-state index in [1.54, 1.807) is 19.2 Å². The molecule has 3 aromatic rings. The number of aromatic nitrogens is 1. The van der Waals surface area contributed by atoms with Crippen LogP contribution >= 0.6 is 0 Å². The van der Waals surface area contributed by atoms with Gasteiger partial charge in [0.05, 0.1) is 18.4 Å². The van der Waals surface area contributed by atoms with Crippen LogP contribution in [0.3, 0.4) is 0 Å². The number of carboxylic acid groups (broad SMARTS) is 1. The molecule has 0 amide bonds. The van der Waals surface area contributed by atoms with Crippen LogP contribution in [-0.2, 0) is 17.9 Å². The van der Waals surface area contributed by atoms with Crippen LogP contribution in [0.15, 0.2) is 53.1 Å². The number of aryl methyl sites for hydroxylation is 2. The highest BCUT2D eigenvalue weighted by Gasteiger charge is 2.19. The average Bonchev–Trinajstić information content (AvgIpc) is 3.05. The van der Waals surface area contributed by atoms with Gasteiger partial charge in [-0.25, -0.2) is 0 Å². The second-order valence-electron chi connectivity index (χ2n) is 6.64. The molecule has 0 saturated heterocycles. The monoisotopic (exact) mass is 396 g/mol. The first kappa shape index (κ1) is 20.4. The molecule has 0 aliphatic heterocycles. The van der Waals surface area contributed by atoms with Crippen molar-refractivity contribution in [1.29, 1.82) is 0 Å². The number of rotatable bonds is 9. The maximum Gasteiger partial charge on any atom is 0.325 e. The smallest absolute Gasteiger partial charge is 0.325 e. The number of hydrogen-bond acceptors (Lipinski definition) is 6. The zero-order valence-corrected chi connectivity index (χ0v) is 16.6. The van der Waals surface area contributed by atoms with Gasteiger partial charge in [0.25, 0.3) is 0 Å². The van der Waals surface area contributed by atoms with Gasteiger partial charge in [-0.3, -0.25) is 10.1 Å². The van der Waals surface area contributed by atoms with Crippen molar-refractivity contribution in [3.05, 3.63) is 76.7 Å². The fourth-order valence-corrected chi connectivity index (χ4v) is 3.01. The van der Waals surface area contributed by atoms with Gasteiger partial charge in [0.15, 0.2) is 11.5 Å².